The summed E-state index contributed by atoms with van der Waals surface area (Å²) in [6.07, 6.45) is 0. The van der Waals surface area contributed by atoms with Gasteiger partial charge >= 0.3 is 5.97 Å². The summed E-state index contributed by atoms with van der Waals surface area (Å²) in [6, 6.07) is 5.76. The van der Waals surface area contributed by atoms with Crippen LogP contribution in [0.5, 0.6) is 0 Å². The van der Waals surface area contributed by atoms with E-state index in [1.165, 1.54) is 18.3 Å². The molecule has 0 fully saturated rings. The highest BCUT2D eigenvalue weighted by Crippen LogP contribution is 2.38. The molecule has 2 rings (SSSR count). The number of nitrogens with one attached hydrogen (secondary N) is 1. The fourth-order valence-electron chi connectivity index (χ4n) is 2.02. The molecule has 1 aromatic carbocycles. The molecule has 0 unspecified atom stereocenters. The average Bonchev–Trinajstić information content (AvgIpc) is 2.63. The fourth-order valence-corrected chi connectivity index (χ4v) is 3.20. The van der Waals surface area contributed by atoms with Gasteiger partial charge in [0.2, 0.25) is 5.91 Å². The van der Waals surface area contributed by atoms with Gasteiger partial charge in [0, 0.05) is 17.0 Å². The van der Waals surface area contributed by atoms with E-state index in [1.807, 2.05) is 18.2 Å². The van der Waals surface area contributed by atoms with Gasteiger partial charge in [-0.3, -0.25) is 4.79 Å². The van der Waals surface area contributed by atoms with Crippen molar-refractivity contribution in [3.63, 3.8) is 0 Å². The molecule has 0 aliphatic heterocycles. The van der Waals surface area contributed by atoms with Crippen molar-refractivity contribution in [1.29, 1.82) is 0 Å². The largest absolute Gasteiger partial charge is 0.478 e. The minimum absolute atomic E-state index is 0.00423. The monoisotopic (exact) mass is 291 g/mol. The van der Waals surface area contributed by atoms with Crippen molar-refractivity contribution in [2.75, 3.05) is 5.32 Å². The molecule has 1 heterocycles. The molecule has 2 aromatic rings. The lowest BCUT2D eigenvalue weighted by molar-refractivity contribution is -0.114. The molecule has 0 saturated carbocycles. The summed E-state index contributed by atoms with van der Waals surface area (Å²) < 4.78 is 0.874. The minimum atomic E-state index is -1.02. The van der Waals surface area contributed by atoms with E-state index in [0.29, 0.717) is 10.4 Å². The van der Waals surface area contributed by atoms with Crippen LogP contribution in [-0.4, -0.2) is 17.0 Å². The second-order valence-electron chi connectivity index (χ2n) is 5.75. The van der Waals surface area contributed by atoms with Crippen molar-refractivity contribution < 1.29 is 14.7 Å². The Morgan fingerprint density at radius 2 is 1.90 bits per heavy atom. The number of aromatic carboxylic acids is 1. The maximum Gasteiger partial charge on any atom is 0.339 e. The van der Waals surface area contributed by atoms with E-state index >= 15 is 0 Å². The zero-order valence-corrected chi connectivity index (χ0v) is 12.7. The van der Waals surface area contributed by atoms with Crippen LogP contribution in [0.25, 0.3) is 10.1 Å². The van der Waals surface area contributed by atoms with Crippen LogP contribution in [0.4, 0.5) is 5.00 Å². The molecule has 1 amide bonds. The van der Waals surface area contributed by atoms with Crippen LogP contribution < -0.4 is 5.32 Å². The summed E-state index contributed by atoms with van der Waals surface area (Å²) in [6.45, 7) is 7.69. The summed E-state index contributed by atoms with van der Waals surface area (Å²) in [4.78, 5) is 22.6. The topological polar surface area (TPSA) is 66.4 Å². The number of hydrogen-bond donors (Lipinski definition) is 2. The van der Waals surface area contributed by atoms with Crippen molar-refractivity contribution >= 4 is 38.3 Å². The molecule has 20 heavy (non-hydrogen) atoms. The molecule has 2 N–H and O–H groups in total. The highest BCUT2D eigenvalue weighted by molar-refractivity contribution is 7.23. The summed E-state index contributed by atoms with van der Waals surface area (Å²) in [5.74, 6) is -1.29. The summed E-state index contributed by atoms with van der Waals surface area (Å²) in [7, 11) is 0. The molecule has 0 bridgehead atoms. The lowest BCUT2D eigenvalue weighted by Crippen LogP contribution is -2.10. The smallest absolute Gasteiger partial charge is 0.339 e. The number of rotatable bonds is 2. The van der Waals surface area contributed by atoms with Crippen molar-refractivity contribution in [3.05, 3.63) is 29.3 Å². The third-order valence-corrected chi connectivity index (χ3v) is 4.13. The average molecular weight is 291 g/mol. The van der Waals surface area contributed by atoms with Crippen LogP contribution in [0.3, 0.4) is 0 Å². The molecule has 0 atom stereocenters. The molecular formula is C15H17NO3S. The Balaban J connectivity index is 2.67. The van der Waals surface area contributed by atoms with E-state index in [0.717, 1.165) is 10.3 Å². The van der Waals surface area contributed by atoms with Crippen molar-refractivity contribution in [3.8, 4) is 0 Å². The fraction of sp³-hybridized carbons (Fsp3) is 0.333. The van der Waals surface area contributed by atoms with Crippen molar-refractivity contribution in [2.45, 2.75) is 33.1 Å². The van der Waals surface area contributed by atoms with E-state index in [9.17, 15) is 14.7 Å². The highest BCUT2D eigenvalue weighted by atomic mass is 32.1. The number of anilines is 1. The first-order chi connectivity index (χ1) is 9.20. The first kappa shape index (κ1) is 14.5. The molecule has 0 saturated heterocycles. The number of hydrogen-bond acceptors (Lipinski definition) is 3. The van der Waals surface area contributed by atoms with E-state index in [-0.39, 0.29) is 16.9 Å². The molecular weight excluding hydrogens is 274 g/mol. The quantitative estimate of drug-likeness (QED) is 0.883. The number of carboxylic acids is 1. The zero-order chi connectivity index (χ0) is 15.1. The van der Waals surface area contributed by atoms with E-state index in [2.05, 4.69) is 26.1 Å². The lowest BCUT2D eigenvalue weighted by Gasteiger charge is -2.18. The first-order valence-corrected chi connectivity index (χ1v) is 7.09. The Morgan fingerprint density at radius 1 is 1.25 bits per heavy atom. The predicted molar refractivity (Wildman–Crippen MR) is 81.8 cm³/mol. The molecule has 0 radical (unpaired) electrons. The van der Waals surface area contributed by atoms with Gasteiger partial charge in [0.25, 0.3) is 0 Å². The van der Waals surface area contributed by atoms with Gasteiger partial charge in [-0.05, 0) is 17.0 Å². The first-order valence-electron chi connectivity index (χ1n) is 6.28. The molecule has 0 aliphatic rings. The van der Waals surface area contributed by atoms with E-state index in [4.69, 9.17) is 0 Å². The maximum atomic E-state index is 11.4. The molecule has 106 valence electrons. The Hall–Kier alpha value is -1.88. The third kappa shape index (κ3) is 2.67. The molecule has 0 aliphatic carbocycles. The second kappa shape index (κ2) is 4.90. The minimum Gasteiger partial charge on any atom is -0.478 e. The van der Waals surface area contributed by atoms with Gasteiger partial charge < -0.3 is 10.4 Å². The van der Waals surface area contributed by atoms with Crippen LogP contribution in [0.2, 0.25) is 0 Å². The van der Waals surface area contributed by atoms with Gasteiger partial charge in [0.05, 0.1) is 0 Å². The van der Waals surface area contributed by atoms with Gasteiger partial charge in [-0.1, -0.05) is 32.9 Å². The maximum absolute atomic E-state index is 11.4. The summed E-state index contributed by atoms with van der Waals surface area (Å²) in [5.41, 5.74) is 1.30. The standard InChI is InChI=1S/C15H17NO3S/c1-8(17)16-13-12(14(18)19)10-6-5-9(15(2,3)4)7-11(10)20-13/h5-7H,1-4H3,(H,16,17)(H,18,19). The molecule has 4 nitrogen and oxygen atoms in total. The SMILES string of the molecule is CC(=O)Nc1sc2cc(C(C)(C)C)ccc2c1C(=O)O. The van der Waals surface area contributed by atoms with Gasteiger partial charge in [-0.15, -0.1) is 11.3 Å². The number of carbonyl (C=O) groups excluding carboxylic acids is 1. The molecule has 1 aromatic heterocycles. The Kier molecular flexibility index (Phi) is 3.56. The van der Waals surface area contributed by atoms with Crippen LogP contribution in [0.15, 0.2) is 18.2 Å². The van der Waals surface area contributed by atoms with Crippen LogP contribution in [0.1, 0.15) is 43.6 Å². The van der Waals surface area contributed by atoms with Crippen molar-refractivity contribution in [2.24, 2.45) is 0 Å². The Bertz CT molecular complexity index is 695. The highest BCUT2D eigenvalue weighted by Gasteiger charge is 2.21. The number of thiophene rings is 1. The number of fused-ring (bicyclic) bond motifs is 1. The normalized spacial score (nSPS) is 11.6. The zero-order valence-electron chi connectivity index (χ0n) is 11.9. The van der Waals surface area contributed by atoms with Gasteiger partial charge in [-0.25, -0.2) is 4.79 Å². The van der Waals surface area contributed by atoms with Crippen LogP contribution in [-0.2, 0) is 10.2 Å². The van der Waals surface area contributed by atoms with E-state index < -0.39 is 5.97 Å². The third-order valence-electron chi connectivity index (χ3n) is 3.06. The molecule has 0 spiro atoms. The molecule has 5 heteroatoms. The number of carboxylic acid groups (broad SMARTS) is 1. The summed E-state index contributed by atoms with van der Waals surface area (Å²) >= 11 is 1.30. The summed E-state index contributed by atoms with van der Waals surface area (Å²) in [5, 5.41) is 13.0. The van der Waals surface area contributed by atoms with Crippen molar-refractivity contribution in [1.82, 2.24) is 0 Å². The number of amides is 1. The lowest BCUT2D eigenvalue weighted by atomic mass is 9.87. The van der Waals surface area contributed by atoms with Gasteiger partial charge in [-0.2, -0.15) is 0 Å². The Labute approximate surface area is 121 Å². The Morgan fingerprint density at radius 3 is 2.40 bits per heavy atom. The second-order valence-corrected chi connectivity index (χ2v) is 6.81. The van der Waals surface area contributed by atoms with Gasteiger partial charge in [0.15, 0.2) is 0 Å². The van der Waals surface area contributed by atoms with Crippen LogP contribution in [0, 0.1) is 0 Å². The number of carbonyl (C=O) groups is 2. The predicted octanol–water partition coefficient (Wildman–Crippen LogP) is 3.86. The van der Waals surface area contributed by atoms with Crippen LogP contribution >= 0.6 is 11.3 Å². The van der Waals surface area contributed by atoms with E-state index in [1.54, 1.807) is 0 Å². The van der Waals surface area contributed by atoms with Gasteiger partial charge in [0.1, 0.15) is 10.6 Å². The number of benzene rings is 1.